The summed E-state index contributed by atoms with van der Waals surface area (Å²) in [5.41, 5.74) is 2.25. The van der Waals surface area contributed by atoms with Crippen LogP contribution in [-0.4, -0.2) is 40.6 Å². The summed E-state index contributed by atoms with van der Waals surface area (Å²) in [5, 5.41) is 14.1. The maximum atomic E-state index is 13.0. The number of hydrogen-bond donors (Lipinski definition) is 3. The average molecular weight is 385 g/mol. The van der Waals surface area contributed by atoms with Gasteiger partial charge in [-0.05, 0) is 18.1 Å². The zero-order valence-electron chi connectivity index (χ0n) is 15.6. The summed E-state index contributed by atoms with van der Waals surface area (Å²) >= 11 is 0. The van der Waals surface area contributed by atoms with Crippen LogP contribution in [0.4, 0.5) is 0 Å². The second kappa shape index (κ2) is 8.71. The lowest BCUT2D eigenvalue weighted by Gasteiger charge is -2.20. The van der Waals surface area contributed by atoms with Crippen molar-refractivity contribution >= 4 is 17.8 Å². The van der Waals surface area contributed by atoms with Gasteiger partial charge in [0.1, 0.15) is 12.2 Å². The molecule has 2 aromatic rings. The molecule has 0 fully saturated rings. The Morgan fingerprint density at radius 1 is 1.21 bits per heavy atom. The van der Waals surface area contributed by atoms with Crippen LogP contribution < -0.4 is 10.6 Å². The molecule has 148 valence electrons. The first-order valence-electron chi connectivity index (χ1n) is 9.17. The quantitative estimate of drug-likeness (QED) is 0.672. The van der Waals surface area contributed by atoms with Crippen LogP contribution in [-0.2, 0) is 22.7 Å². The molecule has 0 radical (unpaired) electrons. The van der Waals surface area contributed by atoms with Gasteiger partial charge in [-0.3, -0.25) is 14.4 Å². The number of fused-ring (bicyclic) bond motifs is 1. The van der Waals surface area contributed by atoms with Crippen molar-refractivity contribution in [3.8, 4) is 0 Å². The first kappa shape index (κ1) is 19.6. The lowest BCUT2D eigenvalue weighted by molar-refractivity contribution is -0.135. The minimum Gasteiger partial charge on any atom is -0.480 e. The van der Waals surface area contributed by atoms with Gasteiger partial charge in [0.25, 0.3) is 11.8 Å². The molecule has 8 nitrogen and oxygen atoms in total. The molecule has 1 atom stereocenters. The van der Waals surface area contributed by atoms with Crippen molar-refractivity contribution in [2.45, 2.75) is 32.5 Å². The van der Waals surface area contributed by atoms with Gasteiger partial charge >= 0.3 is 5.97 Å². The lowest BCUT2D eigenvalue weighted by Crippen LogP contribution is -2.32. The van der Waals surface area contributed by atoms with Gasteiger partial charge in [-0.1, -0.05) is 37.3 Å². The molecule has 28 heavy (non-hydrogen) atoms. The van der Waals surface area contributed by atoms with Gasteiger partial charge in [-0.25, -0.2) is 0 Å². The van der Waals surface area contributed by atoms with Crippen molar-refractivity contribution < 1.29 is 24.2 Å². The SMILES string of the molecule is CC[C@@H](NC(=O)c1cc(C(=O)NCC(=O)O)n2c1COCC2)c1ccccc1. The number of carbonyl (C=O) groups excluding carboxylic acids is 2. The van der Waals surface area contributed by atoms with Crippen LogP contribution >= 0.6 is 0 Å². The van der Waals surface area contributed by atoms with E-state index in [1.54, 1.807) is 4.57 Å². The van der Waals surface area contributed by atoms with Crippen molar-refractivity contribution in [3.63, 3.8) is 0 Å². The summed E-state index contributed by atoms with van der Waals surface area (Å²) in [6.45, 7) is 2.57. The molecule has 1 aliphatic heterocycles. The smallest absolute Gasteiger partial charge is 0.322 e. The van der Waals surface area contributed by atoms with E-state index < -0.39 is 18.4 Å². The van der Waals surface area contributed by atoms with Gasteiger partial charge in [0.15, 0.2) is 0 Å². The van der Waals surface area contributed by atoms with E-state index in [2.05, 4.69) is 10.6 Å². The van der Waals surface area contributed by atoms with Crippen molar-refractivity contribution in [2.24, 2.45) is 0 Å². The van der Waals surface area contributed by atoms with E-state index in [9.17, 15) is 14.4 Å². The molecule has 0 bridgehead atoms. The summed E-state index contributed by atoms with van der Waals surface area (Å²) in [5.74, 6) is -1.95. The molecule has 1 aromatic heterocycles. The van der Waals surface area contributed by atoms with Gasteiger partial charge < -0.3 is 25.0 Å². The number of benzene rings is 1. The Balaban J connectivity index is 1.85. The second-order valence-electron chi connectivity index (χ2n) is 6.52. The highest BCUT2D eigenvalue weighted by Crippen LogP contribution is 2.23. The van der Waals surface area contributed by atoms with Crippen molar-refractivity contribution in [2.75, 3.05) is 13.2 Å². The number of aliphatic carboxylic acids is 1. The first-order valence-corrected chi connectivity index (χ1v) is 9.17. The second-order valence-corrected chi connectivity index (χ2v) is 6.52. The van der Waals surface area contributed by atoms with Crippen LogP contribution in [0.2, 0.25) is 0 Å². The van der Waals surface area contributed by atoms with E-state index in [4.69, 9.17) is 9.84 Å². The predicted molar refractivity (Wildman–Crippen MR) is 101 cm³/mol. The van der Waals surface area contributed by atoms with Crippen LogP contribution in [0.1, 0.15) is 51.5 Å². The number of rotatable bonds is 7. The molecule has 2 heterocycles. The van der Waals surface area contributed by atoms with E-state index in [0.29, 0.717) is 30.8 Å². The van der Waals surface area contributed by atoms with Gasteiger partial charge in [0, 0.05) is 6.54 Å². The average Bonchev–Trinajstić information content (AvgIpc) is 3.10. The number of carbonyl (C=O) groups is 3. The molecule has 0 aliphatic carbocycles. The Hall–Kier alpha value is -3.13. The van der Waals surface area contributed by atoms with Crippen molar-refractivity contribution in [1.82, 2.24) is 15.2 Å². The van der Waals surface area contributed by atoms with E-state index in [1.807, 2.05) is 37.3 Å². The third kappa shape index (κ3) is 4.23. The summed E-state index contributed by atoms with van der Waals surface area (Å²) in [7, 11) is 0. The minimum atomic E-state index is -1.13. The molecule has 8 heteroatoms. The Labute approximate surface area is 162 Å². The zero-order chi connectivity index (χ0) is 20.1. The number of amides is 2. The Morgan fingerprint density at radius 2 is 1.96 bits per heavy atom. The van der Waals surface area contributed by atoms with E-state index in [1.165, 1.54) is 6.07 Å². The third-order valence-electron chi connectivity index (χ3n) is 4.70. The fourth-order valence-corrected chi connectivity index (χ4v) is 3.30. The van der Waals surface area contributed by atoms with Crippen LogP contribution in [0.3, 0.4) is 0 Å². The monoisotopic (exact) mass is 385 g/mol. The van der Waals surface area contributed by atoms with E-state index >= 15 is 0 Å². The van der Waals surface area contributed by atoms with Crippen LogP contribution in [0.5, 0.6) is 0 Å². The van der Waals surface area contributed by atoms with Crippen LogP contribution in [0.25, 0.3) is 0 Å². The Kier molecular flexibility index (Phi) is 6.10. The highest BCUT2D eigenvalue weighted by Gasteiger charge is 2.27. The van der Waals surface area contributed by atoms with Gasteiger partial charge in [-0.2, -0.15) is 0 Å². The summed E-state index contributed by atoms with van der Waals surface area (Å²) in [4.78, 5) is 36.1. The molecular weight excluding hydrogens is 362 g/mol. The van der Waals surface area contributed by atoms with E-state index in [-0.39, 0.29) is 24.2 Å². The molecule has 3 N–H and O–H groups in total. The number of nitrogens with one attached hydrogen (secondary N) is 2. The topological polar surface area (TPSA) is 110 Å². The minimum absolute atomic E-state index is 0.155. The molecule has 2 amide bonds. The van der Waals surface area contributed by atoms with E-state index in [0.717, 1.165) is 5.56 Å². The zero-order valence-corrected chi connectivity index (χ0v) is 15.6. The number of aromatic nitrogens is 1. The Morgan fingerprint density at radius 3 is 2.64 bits per heavy atom. The van der Waals surface area contributed by atoms with Crippen LogP contribution in [0.15, 0.2) is 36.4 Å². The number of carboxylic acid groups (broad SMARTS) is 1. The maximum Gasteiger partial charge on any atom is 0.322 e. The number of nitrogens with zero attached hydrogens (tertiary/aromatic N) is 1. The third-order valence-corrected chi connectivity index (χ3v) is 4.70. The first-order chi connectivity index (χ1) is 13.5. The van der Waals surface area contributed by atoms with Gasteiger partial charge in [0.2, 0.25) is 0 Å². The predicted octanol–water partition coefficient (Wildman–Crippen LogP) is 1.71. The molecule has 0 saturated carbocycles. The number of carboxylic acids is 1. The normalized spacial score (nSPS) is 14.0. The summed E-state index contributed by atoms with van der Waals surface area (Å²) in [6.07, 6.45) is 0.717. The lowest BCUT2D eigenvalue weighted by atomic mass is 10.0. The molecule has 3 rings (SSSR count). The van der Waals surface area contributed by atoms with Crippen LogP contribution in [0, 0.1) is 0 Å². The maximum absolute atomic E-state index is 13.0. The highest BCUT2D eigenvalue weighted by atomic mass is 16.5. The van der Waals surface area contributed by atoms with Gasteiger partial charge in [-0.15, -0.1) is 0 Å². The number of ether oxygens (including phenoxy) is 1. The molecule has 1 aromatic carbocycles. The fourth-order valence-electron chi connectivity index (χ4n) is 3.30. The number of hydrogen-bond acceptors (Lipinski definition) is 4. The molecular formula is C20H23N3O5. The molecule has 0 unspecified atom stereocenters. The summed E-state index contributed by atoms with van der Waals surface area (Å²) in [6, 6.07) is 11.0. The highest BCUT2D eigenvalue weighted by molar-refractivity contribution is 6.01. The standard InChI is InChI=1S/C20H23N3O5/c1-2-15(13-6-4-3-5-7-13)22-19(26)14-10-16(20(27)21-11-18(24)25)23-8-9-28-12-17(14)23/h3-7,10,15H,2,8-9,11-12H2,1H3,(H,21,27)(H,22,26)(H,24,25)/t15-/m1/s1. The fraction of sp³-hybridized carbons (Fsp3) is 0.350. The Bertz CT molecular complexity index is 875. The van der Waals surface area contributed by atoms with Gasteiger partial charge in [0.05, 0.1) is 30.5 Å². The molecule has 0 spiro atoms. The largest absolute Gasteiger partial charge is 0.480 e. The molecule has 1 aliphatic rings. The van der Waals surface area contributed by atoms with Crippen molar-refractivity contribution in [1.29, 1.82) is 0 Å². The summed E-state index contributed by atoms with van der Waals surface area (Å²) < 4.78 is 7.19. The molecule has 0 saturated heterocycles. The van der Waals surface area contributed by atoms with Crippen molar-refractivity contribution in [3.05, 3.63) is 58.9 Å².